The number of hydrogen-bond acceptors (Lipinski definition) is 1. The maximum absolute atomic E-state index is 6.13. The van der Waals surface area contributed by atoms with Gasteiger partial charge in [-0.15, -0.1) is 0 Å². The molecule has 9 rings (SSSR count). The minimum absolute atomic E-state index is 0.327. The quantitative estimate of drug-likeness (QED) is 0.220. The molecule has 2 aliphatic rings. The van der Waals surface area contributed by atoms with Gasteiger partial charge in [-0.05, 0) is 92.4 Å². The van der Waals surface area contributed by atoms with Crippen molar-refractivity contribution < 1.29 is 4.42 Å². The van der Waals surface area contributed by atoms with Gasteiger partial charge in [-0.3, -0.25) is 0 Å². The van der Waals surface area contributed by atoms with Crippen LogP contribution in [-0.2, 0) is 5.41 Å². The Morgan fingerprint density at radius 3 is 1.92 bits per heavy atom. The van der Waals surface area contributed by atoms with Gasteiger partial charge in [0.1, 0.15) is 11.2 Å². The van der Waals surface area contributed by atoms with E-state index in [4.69, 9.17) is 4.42 Å². The van der Waals surface area contributed by atoms with Crippen LogP contribution in [-0.4, -0.2) is 0 Å². The van der Waals surface area contributed by atoms with Crippen molar-refractivity contribution in [1.29, 1.82) is 0 Å². The largest absolute Gasteiger partial charge is 0.456 e. The molecule has 0 saturated carbocycles. The summed E-state index contributed by atoms with van der Waals surface area (Å²) in [6.07, 6.45) is 0. The zero-order valence-electron chi connectivity index (χ0n) is 21.5. The van der Waals surface area contributed by atoms with Gasteiger partial charge >= 0.3 is 0 Å². The molecule has 0 bridgehead atoms. The van der Waals surface area contributed by atoms with Crippen LogP contribution in [0.4, 0.5) is 0 Å². The van der Waals surface area contributed by atoms with E-state index in [1.807, 2.05) is 12.1 Å². The van der Waals surface area contributed by atoms with Crippen molar-refractivity contribution in [3.63, 3.8) is 0 Å². The van der Waals surface area contributed by atoms with E-state index in [1.165, 1.54) is 61.2 Å². The fourth-order valence-electron chi connectivity index (χ4n) is 7.46. The van der Waals surface area contributed by atoms with Crippen LogP contribution >= 0.6 is 0 Å². The van der Waals surface area contributed by atoms with Gasteiger partial charge in [-0.1, -0.05) is 103 Å². The molecule has 182 valence electrons. The lowest BCUT2D eigenvalue weighted by Crippen LogP contribution is -2.25. The summed E-state index contributed by atoms with van der Waals surface area (Å²) >= 11 is 0. The first kappa shape index (κ1) is 21.1. The van der Waals surface area contributed by atoms with Gasteiger partial charge < -0.3 is 4.42 Å². The Hall–Kier alpha value is -4.88. The van der Waals surface area contributed by atoms with Gasteiger partial charge in [0.05, 0.1) is 5.41 Å². The van der Waals surface area contributed by atoms with Crippen LogP contribution in [0.2, 0.25) is 0 Å². The molecule has 1 spiro atoms. The minimum atomic E-state index is -0.327. The molecule has 1 aromatic heterocycles. The molecule has 6 aromatic carbocycles. The third-order valence-electron chi connectivity index (χ3n) is 9.03. The summed E-state index contributed by atoms with van der Waals surface area (Å²) in [6.45, 7) is 2.25. The van der Waals surface area contributed by atoms with Gasteiger partial charge in [-0.25, -0.2) is 0 Å². The monoisotopic (exact) mass is 496 g/mol. The van der Waals surface area contributed by atoms with E-state index < -0.39 is 0 Å². The number of para-hydroxylation sites is 1. The normalized spacial score (nSPS) is 14.0. The van der Waals surface area contributed by atoms with E-state index in [0.717, 1.165) is 21.9 Å². The van der Waals surface area contributed by atoms with E-state index >= 15 is 0 Å². The Labute approximate surface area is 227 Å². The summed E-state index contributed by atoms with van der Waals surface area (Å²) in [5.74, 6) is 0. The fraction of sp³-hybridized carbons (Fsp3) is 0.0526. The molecule has 0 atom stereocenters. The van der Waals surface area contributed by atoms with Gasteiger partial charge in [-0.2, -0.15) is 0 Å². The molecule has 1 heteroatoms. The average Bonchev–Trinajstić information content (AvgIpc) is 3.61. The summed E-state index contributed by atoms with van der Waals surface area (Å²) in [5.41, 5.74) is 16.2. The minimum Gasteiger partial charge on any atom is -0.456 e. The molecule has 1 nitrogen and oxygen atoms in total. The number of hydrogen-bond donors (Lipinski definition) is 0. The Morgan fingerprint density at radius 2 is 1.10 bits per heavy atom. The predicted molar refractivity (Wildman–Crippen MR) is 160 cm³/mol. The van der Waals surface area contributed by atoms with Crippen molar-refractivity contribution in [1.82, 2.24) is 0 Å². The first-order valence-corrected chi connectivity index (χ1v) is 13.6. The van der Waals surface area contributed by atoms with E-state index in [9.17, 15) is 0 Å². The summed E-state index contributed by atoms with van der Waals surface area (Å²) in [7, 11) is 0. The van der Waals surface area contributed by atoms with Crippen molar-refractivity contribution >= 4 is 21.9 Å². The van der Waals surface area contributed by atoms with Crippen LogP contribution < -0.4 is 0 Å². The molecule has 0 fully saturated rings. The summed E-state index contributed by atoms with van der Waals surface area (Å²) in [4.78, 5) is 0. The number of furan rings is 1. The second-order valence-electron chi connectivity index (χ2n) is 10.9. The number of aryl methyl sites for hydroxylation is 1. The highest BCUT2D eigenvalue weighted by molar-refractivity contribution is 6.06. The third kappa shape index (κ3) is 2.55. The van der Waals surface area contributed by atoms with Gasteiger partial charge in [0, 0.05) is 10.8 Å². The molecule has 0 aliphatic heterocycles. The molecular weight excluding hydrogens is 472 g/mol. The van der Waals surface area contributed by atoms with Crippen molar-refractivity contribution in [2.45, 2.75) is 12.3 Å². The van der Waals surface area contributed by atoms with Crippen LogP contribution in [0.5, 0.6) is 0 Å². The summed E-state index contributed by atoms with van der Waals surface area (Å²) in [5, 5.41) is 2.32. The highest BCUT2D eigenvalue weighted by Crippen LogP contribution is 2.63. The topological polar surface area (TPSA) is 13.1 Å². The van der Waals surface area contributed by atoms with Crippen LogP contribution in [0.15, 0.2) is 132 Å². The zero-order valence-corrected chi connectivity index (χ0v) is 21.5. The highest BCUT2D eigenvalue weighted by atomic mass is 16.3. The summed E-state index contributed by atoms with van der Waals surface area (Å²) < 4.78 is 6.13. The summed E-state index contributed by atoms with van der Waals surface area (Å²) in [6, 6.07) is 46.8. The molecule has 7 aromatic rings. The molecular formula is C38H24O. The maximum atomic E-state index is 6.13. The van der Waals surface area contributed by atoms with E-state index in [1.54, 1.807) is 0 Å². The van der Waals surface area contributed by atoms with Crippen molar-refractivity contribution in [2.75, 3.05) is 0 Å². The maximum Gasteiger partial charge on any atom is 0.135 e. The van der Waals surface area contributed by atoms with E-state index in [2.05, 4.69) is 122 Å². The van der Waals surface area contributed by atoms with Gasteiger partial charge in [0.15, 0.2) is 0 Å². The SMILES string of the molecule is Cc1cccc2c1-c1ccc(-c3ccc4oc5ccccc5c4c3)cc1C21c2ccccc2-c2ccccc21. The molecule has 0 saturated heterocycles. The molecule has 2 aliphatic carbocycles. The number of rotatable bonds is 1. The molecule has 0 amide bonds. The lowest BCUT2D eigenvalue weighted by molar-refractivity contribution is 0.669. The van der Waals surface area contributed by atoms with E-state index in [0.29, 0.717) is 0 Å². The zero-order chi connectivity index (χ0) is 25.7. The van der Waals surface area contributed by atoms with Crippen LogP contribution in [0.3, 0.4) is 0 Å². The second kappa shape index (κ2) is 7.36. The van der Waals surface area contributed by atoms with Gasteiger partial charge in [0.2, 0.25) is 0 Å². The predicted octanol–water partition coefficient (Wildman–Crippen LogP) is 9.90. The molecule has 0 unspecified atom stereocenters. The number of fused-ring (bicyclic) bond motifs is 13. The molecule has 0 radical (unpaired) electrons. The molecule has 0 N–H and O–H groups in total. The Morgan fingerprint density at radius 1 is 0.462 bits per heavy atom. The van der Waals surface area contributed by atoms with Crippen molar-refractivity contribution in [2.24, 2.45) is 0 Å². The Kier molecular flexibility index (Phi) is 3.98. The molecule has 1 heterocycles. The van der Waals surface area contributed by atoms with Gasteiger partial charge in [0.25, 0.3) is 0 Å². The third-order valence-corrected chi connectivity index (χ3v) is 9.03. The lowest BCUT2D eigenvalue weighted by atomic mass is 9.70. The average molecular weight is 497 g/mol. The van der Waals surface area contributed by atoms with Crippen LogP contribution in [0.25, 0.3) is 55.3 Å². The highest BCUT2D eigenvalue weighted by Gasteiger charge is 2.51. The molecule has 39 heavy (non-hydrogen) atoms. The van der Waals surface area contributed by atoms with E-state index in [-0.39, 0.29) is 5.41 Å². The first-order chi connectivity index (χ1) is 19.2. The smallest absolute Gasteiger partial charge is 0.135 e. The fourth-order valence-corrected chi connectivity index (χ4v) is 7.46. The first-order valence-electron chi connectivity index (χ1n) is 13.6. The van der Waals surface area contributed by atoms with Crippen molar-refractivity contribution in [3.05, 3.63) is 155 Å². The Bertz CT molecular complexity index is 2100. The Balaban J connectivity index is 1.37. The van der Waals surface area contributed by atoms with Crippen LogP contribution in [0, 0.1) is 6.92 Å². The lowest BCUT2D eigenvalue weighted by Gasteiger charge is -2.30. The standard InChI is InChI=1S/C38H24O/c1-23-9-8-15-33-37(23)29-19-17-25(24-18-20-36-30(21-24)28-12-4-7-16-35(28)39-36)22-34(29)38(33)31-13-5-2-10-26(31)27-11-3-6-14-32(27)38/h2-22H,1H3. The second-order valence-corrected chi connectivity index (χ2v) is 10.9. The van der Waals surface area contributed by atoms with Crippen LogP contribution in [0.1, 0.15) is 27.8 Å². The van der Waals surface area contributed by atoms with Crippen molar-refractivity contribution in [3.8, 4) is 33.4 Å². The number of benzene rings is 6.